The van der Waals surface area contributed by atoms with E-state index in [1.807, 2.05) is 0 Å². The Balaban J connectivity index is 0.000000858. The number of nitrogens with one attached hydrogen (secondary N) is 1. The monoisotopic (exact) mass is 440 g/mol. The number of benzene rings is 1. The van der Waals surface area contributed by atoms with Crippen molar-refractivity contribution >= 4 is 5.91 Å². The van der Waals surface area contributed by atoms with E-state index in [9.17, 15) is 18.0 Å². The zero-order chi connectivity index (χ0) is 22.4. The minimum Gasteiger partial charge on any atom is -0.380 e. The van der Waals surface area contributed by atoms with Crippen LogP contribution in [0, 0.1) is 5.92 Å². The summed E-state index contributed by atoms with van der Waals surface area (Å²) < 4.78 is 44.5. The van der Waals surface area contributed by atoms with Gasteiger partial charge >= 0.3 is 6.18 Å². The molecule has 1 aliphatic carbocycles. The maximum atomic E-state index is 13.0. The van der Waals surface area contributed by atoms with Gasteiger partial charge in [0.05, 0.1) is 12.2 Å². The van der Waals surface area contributed by atoms with Crippen LogP contribution in [0.5, 0.6) is 0 Å². The van der Waals surface area contributed by atoms with Crippen molar-refractivity contribution in [3.8, 4) is 0 Å². The van der Waals surface area contributed by atoms with Gasteiger partial charge < -0.3 is 15.0 Å². The summed E-state index contributed by atoms with van der Waals surface area (Å²) in [6.45, 7) is 6.68. The molecule has 1 amide bonds. The number of alkyl halides is 3. The zero-order valence-electron chi connectivity index (χ0n) is 18.6. The number of halogens is 3. The van der Waals surface area contributed by atoms with E-state index in [2.05, 4.69) is 19.2 Å². The number of hydrogen-bond acceptors (Lipinski definition) is 3. The van der Waals surface area contributed by atoms with Gasteiger partial charge in [0.2, 0.25) is 5.91 Å². The first-order chi connectivity index (χ1) is 14.8. The number of fused-ring (bicyclic) bond motifs is 1. The number of rotatable bonds is 3. The highest BCUT2D eigenvalue weighted by molar-refractivity contribution is 5.79. The summed E-state index contributed by atoms with van der Waals surface area (Å²) >= 11 is 0. The standard InChI is InChI=1S/C21H27F3N2O2.C3H8/c22-21(23,24)17-5-3-14-7-8-26(12-16(14)10-17)20(27)15-4-6-18(11-15)25-19-2-1-9-28-13-19;1-3-2/h3,5,10,15,18-19,25H,1-2,4,6-9,11-13H2;3H2,1-2H3. The Hall–Kier alpha value is -1.60. The minimum absolute atomic E-state index is 0.0330. The lowest BCUT2D eigenvalue weighted by Gasteiger charge is -2.31. The lowest BCUT2D eigenvalue weighted by molar-refractivity contribution is -0.137. The third kappa shape index (κ3) is 6.45. The predicted molar refractivity (Wildman–Crippen MR) is 115 cm³/mol. The Bertz CT molecular complexity index is 732. The highest BCUT2D eigenvalue weighted by Crippen LogP contribution is 2.34. The van der Waals surface area contributed by atoms with E-state index in [1.54, 1.807) is 11.0 Å². The maximum Gasteiger partial charge on any atom is 0.416 e. The van der Waals surface area contributed by atoms with Crippen molar-refractivity contribution in [2.75, 3.05) is 19.8 Å². The first-order valence-electron chi connectivity index (χ1n) is 11.6. The molecule has 3 atom stereocenters. The van der Waals surface area contributed by atoms with Crippen molar-refractivity contribution in [2.24, 2.45) is 5.92 Å². The fraction of sp³-hybridized carbons (Fsp3) is 0.708. The molecule has 4 rings (SSSR count). The van der Waals surface area contributed by atoms with Crippen LogP contribution in [0.1, 0.15) is 69.1 Å². The van der Waals surface area contributed by atoms with Gasteiger partial charge in [-0.05, 0) is 61.8 Å². The fourth-order valence-corrected chi connectivity index (χ4v) is 4.74. The molecule has 0 aromatic heterocycles. The molecule has 1 saturated carbocycles. The number of nitrogens with zero attached hydrogens (tertiary/aromatic N) is 1. The molecule has 0 radical (unpaired) electrons. The molecule has 3 aliphatic rings. The number of hydrogen-bond donors (Lipinski definition) is 1. The molecule has 0 bridgehead atoms. The summed E-state index contributed by atoms with van der Waals surface area (Å²) in [5.41, 5.74) is 0.905. The SMILES string of the molecule is CCC.O=C(C1CCC(NC2CCCOC2)C1)N1CCc2ccc(C(F)(F)F)cc2C1. The fourth-order valence-electron chi connectivity index (χ4n) is 4.74. The van der Waals surface area contributed by atoms with E-state index in [4.69, 9.17) is 4.74 Å². The average Bonchev–Trinajstić information content (AvgIpc) is 3.21. The smallest absolute Gasteiger partial charge is 0.380 e. The molecule has 2 fully saturated rings. The Kier molecular flexibility index (Phi) is 8.39. The van der Waals surface area contributed by atoms with Crippen molar-refractivity contribution in [1.29, 1.82) is 0 Å². The second kappa shape index (κ2) is 10.8. The minimum atomic E-state index is -4.35. The van der Waals surface area contributed by atoms with Crippen molar-refractivity contribution in [3.05, 3.63) is 34.9 Å². The van der Waals surface area contributed by atoms with Gasteiger partial charge in [-0.1, -0.05) is 26.3 Å². The Morgan fingerprint density at radius 2 is 1.94 bits per heavy atom. The topological polar surface area (TPSA) is 41.6 Å². The van der Waals surface area contributed by atoms with Crippen LogP contribution in [0.3, 0.4) is 0 Å². The van der Waals surface area contributed by atoms with Crippen LogP contribution in [-0.2, 0) is 28.7 Å². The molecule has 0 spiro atoms. The van der Waals surface area contributed by atoms with E-state index < -0.39 is 11.7 Å². The quantitative estimate of drug-likeness (QED) is 0.724. The molecule has 2 heterocycles. The molecule has 1 aromatic rings. The molecule has 3 unspecified atom stereocenters. The molecule has 1 saturated heterocycles. The van der Waals surface area contributed by atoms with Gasteiger partial charge in [0.25, 0.3) is 0 Å². The molecule has 1 N–H and O–H groups in total. The van der Waals surface area contributed by atoms with Gasteiger partial charge in [0.1, 0.15) is 0 Å². The van der Waals surface area contributed by atoms with Crippen LogP contribution < -0.4 is 5.32 Å². The lowest BCUT2D eigenvalue weighted by Crippen LogP contribution is -2.43. The lowest BCUT2D eigenvalue weighted by atomic mass is 9.95. The largest absolute Gasteiger partial charge is 0.416 e. The Morgan fingerprint density at radius 3 is 2.61 bits per heavy atom. The zero-order valence-corrected chi connectivity index (χ0v) is 18.6. The second-order valence-corrected chi connectivity index (χ2v) is 8.99. The van der Waals surface area contributed by atoms with Crippen molar-refractivity contribution < 1.29 is 22.7 Å². The van der Waals surface area contributed by atoms with Crippen LogP contribution in [0.15, 0.2) is 18.2 Å². The van der Waals surface area contributed by atoms with Gasteiger partial charge in [0, 0.05) is 37.7 Å². The normalized spacial score (nSPS) is 26.1. The van der Waals surface area contributed by atoms with Gasteiger partial charge in [-0.25, -0.2) is 0 Å². The molecule has 7 heteroatoms. The predicted octanol–water partition coefficient (Wildman–Crippen LogP) is 4.94. The van der Waals surface area contributed by atoms with Crippen LogP contribution >= 0.6 is 0 Å². The van der Waals surface area contributed by atoms with Crippen LogP contribution in [0.25, 0.3) is 0 Å². The third-order valence-electron chi connectivity index (χ3n) is 6.27. The molecule has 31 heavy (non-hydrogen) atoms. The highest BCUT2D eigenvalue weighted by Gasteiger charge is 2.36. The van der Waals surface area contributed by atoms with Crippen LogP contribution in [0.2, 0.25) is 0 Å². The van der Waals surface area contributed by atoms with E-state index >= 15 is 0 Å². The molecule has 174 valence electrons. The molecule has 2 aliphatic heterocycles. The summed E-state index contributed by atoms with van der Waals surface area (Å²) in [4.78, 5) is 14.7. The summed E-state index contributed by atoms with van der Waals surface area (Å²) in [5, 5.41) is 3.62. The van der Waals surface area contributed by atoms with Gasteiger partial charge in [-0.2, -0.15) is 13.2 Å². The summed E-state index contributed by atoms with van der Waals surface area (Å²) in [5.74, 6) is 0.0570. The first kappa shape index (κ1) is 24.1. The molecule has 4 nitrogen and oxygen atoms in total. The second-order valence-electron chi connectivity index (χ2n) is 8.99. The third-order valence-corrected chi connectivity index (χ3v) is 6.27. The maximum absolute atomic E-state index is 13.0. The Labute approximate surface area is 183 Å². The van der Waals surface area contributed by atoms with E-state index in [-0.39, 0.29) is 18.4 Å². The van der Waals surface area contributed by atoms with Crippen LogP contribution in [0.4, 0.5) is 13.2 Å². The Morgan fingerprint density at radius 1 is 1.16 bits per heavy atom. The van der Waals surface area contributed by atoms with Gasteiger partial charge in [0.15, 0.2) is 0 Å². The summed E-state index contributed by atoms with van der Waals surface area (Å²) in [6, 6.07) is 4.60. The van der Waals surface area contributed by atoms with Crippen LogP contribution in [-0.4, -0.2) is 42.6 Å². The molecular formula is C24H35F3N2O2. The van der Waals surface area contributed by atoms with E-state index in [1.165, 1.54) is 12.5 Å². The van der Waals surface area contributed by atoms with Crippen molar-refractivity contribution in [3.63, 3.8) is 0 Å². The van der Waals surface area contributed by atoms with Gasteiger partial charge in [-0.15, -0.1) is 0 Å². The van der Waals surface area contributed by atoms with Crippen molar-refractivity contribution in [2.45, 2.75) is 83.6 Å². The highest BCUT2D eigenvalue weighted by atomic mass is 19.4. The van der Waals surface area contributed by atoms with Gasteiger partial charge in [-0.3, -0.25) is 4.79 Å². The summed E-state index contributed by atoms with van der Waals surface area (Å²) in [7, 11) is 0. The number of carbonyl (C=O) groups excluding carboxylic acids is 1. The average molecular weight is 441 g/mol. The number of amides is 1. The van der Waals surface area contributed by atoms with E-state index in [0.717, 1.165) is 56.9 Å². The van der Waals surface area contributed by atoms with E-state index in [0.29, 0.717) is 30.6 Å². The molecular weight excluding hydrogens is 405 g/mol. The first-order valence-corrected chi connectivity index (χ1v) is 11.6. The molecule has 1 aromatic carbocycles. The number of ether oxygens (including phenoxy) is 1. The number of carbonyl (C=O) groups is 1. The van der Waals surface area contributed by atoms with Crippen molar-refractivity contribution in [1.82, 2.24) is 10.2 Å². The summed E-state index contributed by atoms with van der Waals surface area (Å²) in [6.07, 6.45) is 2.31.